The summed E-state index contributed by atoms with van der Waals surface area (Å²) in [5, 5.41) is 3.45. The molecule has 0 spiro atoms. The van der Waals surface area contributed by atoms with E-state index in [9.17, 15) is 13.2 Å². The number of halogens is 4. The van der Waals surface area contributed by atoms with Crippen LogP contribution in [0.25, 0.3) is 0 Å². The summed E-state index contributed by atoms with van der Waals surface area (Å²) in [6.07, 6.45) is -0.553. The van der Waals surface area contributed by atoms with Crippen molar-refractivity contribution in [2.24, 2.45) is 10.9 Å². The summed E-state index contributed by atoms with van der Waals surface area (Å²) in [7, 11) is 1.74. The zero-order chi connectivity index (χ0) is 16.3. The molecule has 2 aliphatic rings. The van der Waals surface area contributed by atoms with Gasteiger partial charge >= 0.3 is 6.18 Å². The van der Waals surface area contributed by atoms with Gasteiger partial charge in [0.25, 0.3) is 0 Å². The van der Waals surface area contributed by atoms with Crippen LogP contribution < -0.4 is 5.32 Å². The summed E-state index contributed by atoms with van der Waals surface area (Å²) in [6.45, 7) is 5.44. The van der Waals surface area contributed by atoms with E-state index >= 15 is 0 Å². The molecule has 4 nitrogen and oxygen atoms in total. The average Bonchev–Trinajstić information content (AvgIpc) is 3.21. The third-order valence-corrected chi connectivity index (χ3v) is 4.74. The van der Waals surface area contributed by atoms with Gasteiger partial charge < -0.3 is 10.2 Å². The van der Waals surface area contributed by atoms with Crippen LogP contribution in [0.3, 0.4) is 0 Å². The van der Waals surface area contributed by atoms with Gasteiger partial charge in [0.15, 0.2) is 5.96 Å². The minimum atomic E-state index is -4.15. The maximum Gasteiger partial charge on any atom is 0.403 e. The fourth-order valence-corrected chi connectivity index (χ4v) is 3.11. The Labute approximate surface area is 153 Å². The van der Waals surface area contributed by atoms with E-state index in [4.69, 9.17) is 0 Å². The molecule has 0 amide bonds. The Bertz CT molecular complexity index is 395. The van der Waals surface area contributed by atoms with E-state index < -0.39 is 12.2 Å². The van der Waals surface area contributed by atoms with Gasteiger partial charge in [0.2, 0.25) is 0 Å². The van der Waals surface area contributed by atoms with Crippen LogP contribution in [0.1, 0.15) is 33.1 Å². The number of hydrogen-bond donors (Lipinski definition) is 1. The third-order valence-electron chi connectivity index (χ3n) is 4.74. The molecule has 1 saturated carbocycles. The number of aliphatic imine (C=N–C) groups is 1. The highest BCUT2D eigenvalue weighted by molar-refractivity contribution is 14.0. The maximum atomic E-state index is 12.8. The van der Waals surface area contributed by atoms with Gasteiger partial charge in [0.1, 0.15) is 6.04 Å². The Morgan fingerprint density at radius 2 is 1.87 bits per heavy atom. The highest BCUT2D eigenvalue weighted by Gasteiger charge is 2.41. The van der Waals surface area contributed by atoms with Gasteiger partial charge in [-0.25, -0.2) is 0 Å². The van der Waals surface area contributed by atoms with Gasteiger partial charge in [-0.1, -0.05) is 13.3 Å². The van der Waals surface area contributed by atoms with Crippen LogP contribution in [0, 0.1) is 5.92 Å². The van der Waals surface area contributed by atoms with E-state index in [0.29, 0.717) is 32.2 Å². The first-order valence-corrected chi connectivity index (χ1v) is 8.15. The molecular formula is C15H28F3IN4. The van der Waals surface area contributed by atoms with E-state index in [1.807, 2.05) is 0 Å². The van der Waals surface area contributed by atoms with Crippen molar-refractivity contribution >= 4 is 29.9 Å². The lowest BCUT2D eigenvalue weighted by atomic mass is 10.2. The van der Waals surface area contributed by atoms with Crippen LogP contribution in [0.2, 0.25) is 0 Å². The lowest BCUT2D eigenvalue weighted by molar-refractivity contribution is -0.181. The largest absolute Gasteiger partial charge is 0.403 e. The number of alkyl halides is 3. The Balaban J connectivity index is 0.00000264. The van der Waals surface area contributed by atoms with Crippen molar-refractivity contribution in [2.75, 3.05) is 33.2 Å². The summed E-state index contributed by atoms with van der Waals surface area (Å²) < 4.78 is 38.3. The molecule has 3 atom stereocenters. The van der Waals surface area contributed by atoms with E-state index in [-0.39, 0.29) is 24.0 Å². The number of rotatable bonds is 4. The maximum absolute atomic E-state index is 12.8. The number of piperazine rings is 1. The summed E-state index contributed by atoms with van der Waals surface area (Å²) in [6, 6.07) is -0.882. The van der Waals surface area contributed by atoms with E-state index in [1.54, 1.807) is 7.05 Å². The Hall–Kier alpha value is -0.250. The SMILES string of the molecule is CCCC1CC1NC(=NC)N1CCN(C(C)C(F)(F)F)CC1.I. The second-order valence-electron chi connectivity index (χ2n) is 6.32. The van der Waals surface area contributed by atoms with Crippen molar-refractivity contribution < 1.29 is 13.2 Å². The number of nitrogens with one attached hydrogen (secondary N) is 1. The van der Waals surface area contributed by atoms with Crippen LogP contribution in [-0.2, 0) is 0 Å². The first-order valence-electron chi connectivity index (χ1n) is 8.15. The lowest BCUT2D eigenvalue weighted by Gasteiger charge is -2.39. The van der Waals surface area contributed by atoms with Crippen molar-refractivity contribution in [1.29, 1.82) is 0 Å². The minimum Gasteiger partial charge on any atom is -0.353 e. The van der Waals surface area contributed by atoms with E-state index in [1.165, 1.54) is 31.1 Å². The van der Waals surface area contributed by atoms with Crippen LogP contribution in [0.15, 0.2) is 4.99 Å². The molecule has 1 N–H and O–H groups in total. The molecule has 0 radical (unpaired) electrons. The number of nitrogens with zero attached hydrogens (tertiary/aromatic N) is 3. The first-order chi connectivity index (χ1) is 10.4. The van der Waals surface area contributed by atoms with Gasteiger partial charge in [-0.15, -0.1) is 24.0 Å². The summed E-state index contributed by atoms with van der Waals surface area (Å²) in [5.41, 5.74) is 0. The molecule has 1 saturated heterocycles. The summed E-state index contributed by atoms with van der Waals surface area (Å²) >= 11 is 0. The van der Waals surface area contributed by atoms with Gasteiger partial charge in [-0.2, -0.15) is 13.2 Å². The highest BCUT2D eigenvalue weighted by Crippen LogP contribution is 2.34. The molecule has 0 aromatic rings. The quantitative estimate of drug-likeness (QED) is 0.408. The molecule has 2 rings (SSSR count). The Kier molecular flexibility index (Phi) is 7.89. The zero-order valence-electron chi connectivity index (χ0n) is 14.1. The molecule has 3 unspecified atom stereocenters. The molecule has 1 heterocycles. The zero-order valence-corrected chi connectivity index (χ0v) is 16.4. The number of guanidine groups is 1. The van der Waals surface area contributed by atoms with Crippen molar-refractivity contribution in [3.8, 4) is 0 Å². The van der Waals surface area contributed by atoms with Gasteiger partial charge in [-0.3, -0.25) is 9.89 Å². The molecule has 0 aromatic carbocycles. The minimum absolute atomic E-state index is 0. The van der Waals surface area contributed by atoms with Crippen molar-refractivity contribution in [2.45, 2.75) is 51.4 Å². The molecule has 1 aliphatic carbocycles. The van der Waals surface area contributed by atoms with Gasteiger partial charge in [-0.05, 0) is 25.7 Å². The molecule has 1 aliphatic heterocycles. The molecule has 136 valence electrons. The van der Waals surface area contributed by atoms with Crippen molar-refractivity contribution in [3.05, 3.63) is 0 Å². The molecule has 0 bridgehead atoms. The average molecular weight is 448 g/mol. The smallest absolute Gasteiger partial charge is 0.353 e. The van der Waals surface area contributed by atoms with Gasteiger partial charge in [0, 0.05) is 39.3 Å². The second kappa shape index (κ2) is 8.73. The normalized spacial score (nSPS) is 27.4. The van der Waals surface area contributed by atoms with Crippen LogP contribution >= 0.6 is 24.0 Å². The Morgan fingerprint density at radius 3 is 2.35 bits per heavy atom. The van der Waals surface area contributed by atoms with Crippen molar-refractivity contribution in [1.82, 2.24) is 15.1 Å². The van der Waals surface area contributed by atoms with Gasteiger partial charge in [0.05, 0.1) is 0 Å². The van der Waals surface area contributed by atoms with E-state index in [2.05, 4.69) is 22.1 Å². The molecule has 2 fully saturated rings. The first kappa shape index (κ1) is 20.8. The standard InChI is InChI=1S/C15H27F3N4.HI/c1-4-5-12-10-13(12)20-14(19-3)22-8-6-21(7-9-22)11(2)15(16,17)18;/h11-13H,4-10H2,1-3H3,(H,19,20);1H. The fraction of sp³-hybridized carbons (Fsp3) is 0.933. The monoisotopic (exact) mass is 448 g/mol. The predicted octanol–water partition coefficient (Wildman–Crippen LogP) is 2.94. The molecule has 8 heteroatoms. The second-order valence-corrected chi connectivity index (χ2v) is 6.32. The summed E-state index contributed by atoms with van der Waals surface area (Å²) in [5.74, 6) is 1.57. The van der Waals surface area contributed by atoms with Crippen molar-refractivity contribution in [3.63, 3.8) is 0 Å². The molecular weight excluding hydrogens is 420 g/mol. The third kappa shape index (κ3) is 5.65. The molecule has 0 aromatic heterocycles. The summed E-state index contributed by atoms with van der Waals surface area (Å²) in [4.78, 5) is 7.87. The predicted molar refractivity (Wildman–Crippen MR) is 97.4 cm³/mol. The lowest BCUT2D eigenvalue weighted by Crippen LogP contribution is -2.57. The van der Waals surface area contributed by atoms with Crippen LogP contribution in [0.5, 0.6) is 0 Å². The Morgan fingerprint density at radius 1 is 1.26 bits per heavy atom. The van der Waals surface area contributed by atoms with Crippen LogP contribution in [-0.4, -0.2) is 67.2 Å². The molecule has 23 heavy (non-hydrogen) atoms. The van der Waals surface area contributed by atoms with E-state index in [0.717, 1.165) is 11.9 Å². The highest BCUT2D eigenvalue weighted by atomic mass is 127. The topological polar surface area (TPSA) is 30.9 Å². The fourth-order valence-electron chi connectivity index (χ4n) is 3.11. The number of hydrogen-bond acceptors (Lipinski definition) is 2. The van der Waals surface area contributed by atoms with Crippen LogP contribution in [0.4, 0.5) is 13.2 Å².